The van der Waals surface area contributed by atoms with Gasteiger partial charge in [-0.15, -0.1) is 0 Å². The number of anilines is 2. The quantitative estimate of drug-likeness (QED) is 0.818. The number of ether oxygens (including phenoxy) is 2. The van der Waals surface area contributed by atoms with Crippen LogP contribution in [0.3, 0.4) is 0 Å². The Morgan fingerprint density at radius 1 is 1.35 bits per heavy atom. The molecular weight excluding hydrogens is 258 g/mol. The van der Waals surface area contributed by atoms with Crippen molar-refractivity contribution < 1.29 is 9.47 Å². The SMILES string of the molecule is CNc1ncnc2cc3c(nc12)N1CCOCC1CO3. The molecule has 0 saturated carbocycles. The molecule has 1 N–H and O–H groups in total. The van der Waals surface area contributed by atoms with Crippen LogP contribution in [0, 0.1) is 0 Å². The standard InChI is InChI=1S/C13H15N5O2/c1-14-12-11-9(15-7-16-12)4-10-13(17-11)18-2-3-19-5-8(18)6-20-10/h4,7-8H,2-3,5-6H2,1H3,(H,14,15,16). The summed E-state index contributed by atoms with van der Waals surface area (Å²) >= 11 is 0. The molecule has 0 aromatic carbocycles. The highest BCUT2D eigenvalue weighted by atomic mass is 16.5. The van der Waals surface area contributed by atoms with Gasteiger partial charge in [-0.1, -0.05) is 0 Å². The lowest BCUT2D eigenvalue weighted by atomic mass is 10.2. The number of nitrogens with zero attached hydrogens (tertiary/aromatic N) is 4. The molecule has 2 aromatic rings. The molecule has 1 atom stereocenters. The molecule has 4 rings (SSSR count). The molecular formula is C13H15N5O2. The van der Waals surface area contributed by atoms with Crippen LogP contribution in [0.4, 0.5) is 11.6 Å². The van der Waals surface area contributed by atoms with E-state index in [-0.39, 0.29) is 6.04 Å². The van der Waals surface area contributed by atoms with E-state index >= 15 is 0 Å². The molecule has 0 aliphatic carbocycles. The molecule has 2 aliphatic heterocycles. The Bertz CT molecular complexity index is 662. The zero-order valence-electron chi connectivity index (χ0n) is 11.2. The van der Waals surface area contributed by atoms with Gasteiger partial charge in [0.2, 0.25) is 0 Å². The summed E-state index contributed by atoms with van der Waals surface area (Å²) in [6.45, 7) is 2.87. The molecule has 1 fully saturated rings. The van der Waals surface area contributed by atoms with Gasteiger partial charge in [0.25, 0.3) is 0 Å². The minimum Gasteiger partial charge on any atom is -0.487 e. The van der Waals surface area contributed by atoms with Crippen LogP contribution in [0.15, 0.2) is 12.4 Å². The minimum atomic E-state index is 0.240. The first-order chi connectivity index (χ1) is 9.86. The summed E-state index contributed by atoms with van der Waals surface area (Å²) in [6.07, 6.45) is 1.53. The number of fused-ring (bicyclic) bond motifs is 4. The van der Waals surface area contributed by atoms with Gasteiger partial charge in [0, 0.05) is 19.7 Å². The third-order valence-electron chi connectivity index (χ3n) is 3.72. The van der Waals surface area contributed by atoms with Crippen LogP contribution in [-0.2, 0) is 4.74 Å². The van der Waals surface area contributed by atoms with Crippen molar-refractivity contribution in [1.82, 2.24) is 15.0 Å². The fourth-order valence-corrected chi connectivity index (χ4v) is 2.71. The van der Waals surface area contributed by atoms with Gasteiger partial charge in [0.15, 0.2) is 17.4 Å². The van der Waals surface area contributed by atoms with Gasteiger partial charge in [0.05, 0.1) is 24.8 Å². The fraction of sp³-hybridized carbons (Fsp3) is 0.462. The lowest BCUT2D eigenvalue weighted by Gasteiger charge is -2.40. The Morgan fingerprint density at radius 3 is 3.20 bits per heavy atom. The van der Waals surface area contributed by atoms with E-state index in [1.54, 1.807) is 0 Å². The van der Waals surface area contributed by atoms with Gasteiger partial charge in [0.1, 0.15) is 18.5 Å². The summed E-state index contributed by atoms with van der Waals surface area (Å²) in [5, 5.41) is 3.05. The summed E-state index contributed by atoms with van der Waals surface area (Å²) in [7, 11) is 1.83. The maximum absolute atomic E-state index is 5.81. The molecule has 7 heteroatoms. The zero-order chi connectivity index (χ0) is 13.5. The van der Waals surface area contributed by atoms with E-state index in [9.17, 15) is 0 Å². The Morgan fingerprint density at radius 2 is 2.30 bits per heavy atom. The topological polar surface area (TPSA) is 72.4 Å². The largest absolute Gasteiger partial charge is 0.487 e. The second-order valence-electron chi connectivity index (χ2n) is 4.88. The number of morpholine rings is 1. The monoisotopic (exact) mass is 273 g/mol. The van der Waals surface area contributed by atoms with Gasteiger partial charge in [-0.2, -0.15) is 0 Å². The number of aromatic nitrogens is 3. The predicted octanol–water partition coefficient (Wildman–Crippen LogP) is 0.664. The summed E-state index contributed by atoms with van der Waals surface area (Å²) in [5.74, 6) is 2.38. The molecule has 0 spiro atoms. The molecule has 20 heavy (non-hydrogen) atoms. The first-order valence-electron chi connectivity index (χ1n) is 6.67. The fourth-order valence-electron chi connectivity index (χ4n) is 2.71. The minimum absolute atomic E-state index is 0.240. The van der Waals surface area contributed by atoms with Crippen LogP contribution in [0.25, 0.3) is 11.0 Å². The van der Waals surface area contributed by atoms with Crippen molar-refractivity contribution in [2.24, 2.45) is 0 Å². The number of hydrogen-bond acceptors (Lipinski definition) is 7. The first-order valence-corrected chi connectivity index (χ1v) is 6.67. The van der Waals surface area contributed by atoms with E-state index in [0.717, 1.165) is 41.6 Å². The molecule has 0 amide bonds. The number of nitrogens with one attached hydrogen (secondary N) is 1. The second kappa shape index (κ2) is 4.45. The molecule has 2 aliphatic rings. The lowest BCUT2D eigenvalue weighted by Crippen LogP contribution is -2.51. The van der Waals surface area contributed by atoms with E-state index in [2.05, 4.69) is 20.2 Å². The van der Waals surface area contributed by atoms with Crippen LogP contribution in [0.5, 0.6) is 5.75 Å². The van der Waals surface area contributed by atoms with Crippen molar-refractivity contribution in [1.29, 1.82) is 0 Å². The molecule has 0 radical (unpaired) electrons. The number of pyridine rings is 1. The molecule has 0 bridgehead atoms. The molecule has 7 nitrogen and oxygen atoms in total. The predicted molar refractivity (Wildman–Crippen MR) is 74.3 cm³/mol. The van der Waals surface area contributed by atoms with Crippen LogP contribution in [0.1, 0.15) is 0 Å². The summed E-state index contributed by atoms with van der Waals surface area (Å²) in [4.78, 5) is 15.5. The van der Waals surface area contributed by atoms with E-state index < -0.39 is 0 Å². The zero-order valence-corrected chi connectivity index (χ0v) is 11.2. The van der Waals surface area contributed by atoms with Crippen molar-refractivity contribution in [3.05, 3.63) is 12.4 Å². The van der Waals surface area contributed by atoms with Gasteiger partial charge in [-0.05, 0) is 0 Å². The maximum Gasteiger partial charge on any atom is 0.172 e. The second-order valence-corrected chi connectivity index (χ2v) is 4.88. The molecule has 104 valence electrons. The average molecular weight is 273 g/mol. The molecule has 1 unspecified atom stereocenters. The summed E-state index contributed by atoms with van der Waals surface area (Å²) < 4.78 is 11.3. The van der Waals surface area contributed by atoms with E-state index in [1.165, 1.54) is 6.33 Å². The van der Waals surface area contributed by atoms with E-state index in [0.29, 0.717) is 13.2 Å². The van der Waals surface area contributed by atoms with Gasteiger partial charge >= 0.3 is 0 Å². The van der Waals surface area contributed by atoms with Crippen molar-refractivity contribution >= 4 is 22.7 Å². The van der Waals surface area contributed by atoms with Crippen LogP contribution in [-0.4, -0.2) is 54.4 Å². The van der Waals surface area contributed by atoms with E-state index in [1.807, 2.05) is 13.1 Å². The highest BCUT2D eigenvalue weighted by molar-refractivity contribution is 5.88. The summed E-state index contributed by atoms with van der Waals surface area (Å²) in [5.41, 5.74) is 1.55. The number of hydrogen-bond donors (Lipinski definition) is 1. The van der Waals surface area contributed by atoms with Crippen molar-refractivity contribution in [2.75, 3.05) is 43.6 Å². The maximum atomic E-state index is 5.81. The molecule has 1 saturated heterocycles. The lowest BCUT2D eigenvalue weighted by molar-refractivity contribution is 0.0698. The van der Waals surface area contributed by atoms with Gasteiger partial charge in [-0.25, -0.2) is 15.0 Å². The van der Waals surface area contributed by atoms with Crippen molar-refractivity contribution in [2.45, 2.75) is 6.04 Å². The molecule has 2 aromatic heterocycles. The average Bonchev–Trinajstić information content (AvgIpc) is 2.52. The Hall–Kier alpha value is -2.15. The highest BCUT2D eigenvalue weighted by Gasteiger charge is 2.32. The smallest absolute Gasteiger partial charge is 0.172 e. The Balaban J connectivity index is 1.89. The Kier molecular flexibility index (Phi) is 2.59. The first kappa shape index (κ1) is 11.7. The summed E-state index contributed by atoms with van der Waals surface area (Å²) in [6, 6.07) is 2.18. The third-order valence-corrected chi connectivity index (χ3v) is 3.72. The normalized spacial score (nSPS) is 21.1. The van der Waals surface area contributed by atoms with Crippen molar-refractivity contribution in [3.63, 3.8) is 0 Å². The van der Waals surface area contributed by atoms with Crippen LogP contribution >= 0.6 is 0 Å². The van der Waals surface area contributed by atoms with Gasteiger partial charge in [-0.3, -0.25) is 0 Å². The Labute approximate surface area is 115 Å². The van der Waals surface area contributed by atoms with Gasteiger partial charge < -0.3 is 19.7 Å². The van der Waals surface area contributed by atoms with Crippen LogP contribution < -0.4 is 15.0 Å². The number of rotatable bonds is 1. The highest BCUT2D eigenvalue weighted by Crippen LogP contribution is 2.36. The molecule has 4 heterocycles. The van der Waals surface area contributed by atoms with Crippen LogP contribution in [0.2, 0.25) is 0 Å². The van der Waals surface area contributed by atoms with Crippen molar-refractivity contribution in [3.8, 4) is 5.75 Å². The van der Waals surface area contributed by atoms with E-state index in [4.69, 9.17) is 14.5 Å². The third kappa shape index (κ3) is 1.66.